The van der Waals surface area contributed by atoms with Crippen molar-refractivity contribution in [3.63, 3.8) is 0 Å². The van der Waals surface area contributed by atoms with E-state index in [-0.39, 0.29) is 18.5 Å². The van der Waals surface area contributed by atoms with Crippen LogP contribution in [0, 0.1) is 0 Å². The summed E-state index contributed by atoms with van der Waals surface area (Å²) in [5.41, 5.74) is -0.0259. The molecule has 0 bridgehead atoms. The van der Waals surface area contributed by atoms with Crippen molar-refractivity contribution in [3.8, 4) is 11.5 Å². The van der Waals surface area contributed by atoms with Gasteiger partial charge in [0.1, 0.15) is 0 Å². The Morgan fingerprint density at radius 2 is 1.94 bits per heavy atom. The lowest BCUT2D eigenvalue weighted by molar-refractivity contribution is -0.0126. The summed E-state index contributed by atoms with van der Waals surface area (Å²) in [6, 6.07) is 4.35. The Kier molecular flexibility index (Phi) is 4.01. The van der Waals surface area contributed by atoms with Gasteiger partial charge in [-0.25, -0.2) is 8.78 Å². The summed E-state index contributed by atoms with van der Waals surface area (Å²) in [6.45, 7) is 1.32. The third-order valence-electron chi connectivity index (χ3n) is 2.86. The van der Waals surface area contributed by atoms with E-state index in [0.717, 1.165) is 6.42 Å². The standard InChI is InChI=1S/C13H17F2NO2/c1-16-6-5-13(14,15)10-3-4-11-12(9-10)18-8-2-7-17-11/h3-4,9,16H,2,5-8H2,1H3. The van der Waals surface area contributed by atoms with Crippen LogP contribution in [0.15, 0.2) is 18.2 Å². The highest BCUT2D eigenvalue weighted by Gasteiger charge is 2.31. The van der Waals surface area contributed by atoms with Crippen molar-refractivity contribution in [1.82, 2.24) is 5.32 Å². The molecule has 18 heavy (non-hydrogen) atoms. The fraction of sp³-hybridized carbons (Fsp3) is 0.538. The minimum Gasteiger partial charge on any atom is -0.490 e. The highest BCUT2D eigenvalue weighted by Crippen LogP contribution is 2.38. The van der Waals surface area contributed by atoms with Crippen molar-refractivity contribution < 1.29 is 18.3 Å². The van der Waals surface area contributed by atoms with Gasteiger partial charge in [0.15, 0.2) is 11.5 Å². The molecule has 0 aliphatic carbocycles. The zero-order valence-corrected chi connectivity index (χ0v) is 10.3. The van der Waals surface area contributed by atoms with Gasteiger partial charge in [-0.1, -0.05) is 0 Å². The van der Waals surface area contributed by atoms with Gasteiger partial charge in [0.2, 0.25) is 0 Å². The van der Waals surface area contributed by atoms with Crippen LogP contribution in [0.4, 0.5) is 8.78 Å². The summed E-state index contributed by atoms with van der Waals surface area (Å²) in [6.07, 6.45) is 0.531. The molecule has 0 fully saturated rings. The number of nitrogens with one attached hydrogen (secondary N) is 1. The van der Waals surface area contributed by atoms with Crippen molar-refractivity contribution in [2.75, 3.05) is 26.8 Å². The molecule has 1 aromatic carbocycles. The second kappa shape index (κ2) is 5.52. The molecule has 0 atom stereocenters. The van der Waals surface area contributed by atoms with Crippen LogP contribution in [0.5, 0.6) is 11.5 Å². The average molecular weight is 257 g/mol. The molecule has 1 N–H and O–H groups in total. The highest BCUT2D eigenvalue weighted by molar-refractivity contribution is 5.44. The Morgan fingerprint density at radius 3 is 2.67 bits per heavy atom. The van der Waals surface area contributed by atoms with Gasteiger partial charge in [-0.05, 0) is 25.2 Å². The summed E-state index contributed by atoms with van der Waals surface area (Å²) < 4.78 is 38.6. The molecular formula is C13H17F2NO2. The predicted molar refractivity (Wildman–Crippen MR) is 64.5 cm³/mol. The lowest BCUT2D eigenvalue weighted by Gasteiger charge is -2.18. The Morgan fingerprint density at radius 1 is 1.22 bits per heavy atom. The van der Waals surface area contributed by atoms with E-state index < -0.39 is 5.92 Å². The number of ether oxygens (including phenoxy) is 2. The van der Waals surface area contributed by atoms with E-state index in [1.165, 1.54) is 12.1 Å². The Labute approximate surface area is 105 Å². The van der Waals surface area contributed by atoms with Crippen LogP contribution in [0.2, 0.25) is 0 Å². The van der Waals surface area contributed by atoms with E-state index in [4.69, 9.17) is 9.47 Å². The van der Waals surface area contributed by atoms with E-state index in [9.17, 15) is 8.78 Å². The normalized spacial score (nSPS) is 15.3. The molecule has 0 saturated heterocycles. The van der Waals surface area contributed by atoms with Crippen LogP contribution in [-0.2, 0) is 5.92 Å². The number of rotatable bonds is 4. The Bertz CT molecular complexity index is 410. The predicted octanol–water partition coefficient (Wildman–Crippen LogP) is 2.55. The number of benzene rings is 1. The van der Waals surface area contributed by atoms with Crippen LogP contribution in [0.1, 0.15) is 18.4 Å². The minimum atomic E-state index is -2.85. The molecule has 3 nitrogen and oxygen atoms in total. The van der Waals surface area contributed by atoms with Gasteiger partial charge in [-0.3, -0.25) is 0 Å². The largest absolute Gasteiger partial charge is 0.490 e. The van der Waals surface area contributed by atoms with Crippen molar-refractivity contribution in [2.45, 2.75) is 18.8 Å². The number of alkyl halides is 2. The molecular weight excluding hydrogens is 240 g/mol. The van der Waals surface area contributed by atoms with Crippen LogP contribution in [0.3, 0.4) is 0 Å². The van der Waals surface area contributed by atoms with Gasteiger partial charge in [0.25, 0.3) is 5.92 Å². The molecule has 1 aliphatic rings. The van der Waals surface area contributed by atoms with Crippen LogP contribution in [0.25, 0.3) is 0 Å². The summed E-state index contributed by atoms with van der Waals surface area (Å²) in [5.74, 6) is -1.90. The highest BCUT2D eigenvalue weighted by atomic mass is 19.3. The molecule has 0 spiro atoms. The fourth-order valence-corrected chi connectivity index (χ4v) is 1.82. The SMILES string of the molecule is CNCCC(F)(F)c1ccc2c(c1)OCCCO2. The molecule has 0 unspecified atom stereocenters. The first kappa shape index (κ1) is 13.1. The number of fused-ring (bicyclic) bond motifs is 1. The molecule has 0 aromatic heterocycles. The third kappa shape index (κ3) is 2.90. The topological polar surface area (TPSA) is 30.5 Å². The fourth-order valence-electron chi connectivity index (χ4n) is 1.82. The monoisotopic (exact) mass is 257 g/mol. The molecule has 5 heteroatoms. The van der Waals surface area contributed by atoms with E-state index in [1.807, 2.05) is 0 Å². The summed E-state index contributed by atoms with van der Waals surface area (Å²) in [5, 5.41) is 2.73. The number of hydrogen-bond acceptors (Lipinski definition) is 3. The van der Waals surface area contributed by atoms with Crippen LogP contribution >= 0.6 is 0 Å². The van der Waals surface area contributed by atoms with Gasteiger partial charge in [0.05, 0.1) is 13.2 Å². The van der Waals surface area contributed by atoms with E-state index in [2.05, 4.69) is 5.32 Å². The van der Waals surface area contributed by atoms with Gasteiger partial charge in [-0.15, -0.1) is 0 Å². The second-order valence-electron chi connectivity index (χ2n) is 4.27. The third-order valence-corrected chi connectivity index (χ3v) is 2.86. The van der Waals surface area contributed by atoms with Crippen LogP contribution < -0.4 is 14.8 Å². The van der Waals surface area contributed by atoms with Gasteiger partial charge < -0.3 is 14.8 Å². The molecule has 1 aliphatic heterocycles. The zero-order chi connectivity index (χ0) is 13.0. The number of hydrogen-bond donors (Lipinski definition) is 1. The molecule has 0 saturated carbocycles. The summed E-state index contributed by atoms with van der Waals surface area (Å²) >= 11 is 0. The summed E-state index contributed by atoms with van der Waals surface area (Å²) in [7, 11) is 1.66. The maximum atomic E-state index is 13.9. The maximum absolute atomic E-state index is 13.9. The van der Waals surface area contributed by atoms with Crippen molar-refractivity contribution in [2.24, 2.45) is 0 Å². The van der Waals surface area contributed by atoms with E-state index in [1.54, 1.807) is 13.1 Å². The van der Waals surface area contributed by atoms with Gasteiger partial charge in [0, 0.05) is 24.9 Å². The Hall–Kier alpha value is -1.36. The zero-order valence-electron chi connectivity index (χ0n) is 10.3. The number of halogens is 2. The molecule has 100 valence electrons. The minimum absolute atomic E-state index is 0.0259. The molecule has 0 radical (unpaired) electrons. The first-order chi connectivity index (χ1) is 8.63. The first-order valence-corrected chi connectivity index (χ1v) is 6.06. The molecule has 1 heterocycles. The molecule has 1 aromatic rings. The van der Waals surface area contributed by atoms with Crippen LogP contribution in [-0.4, -0.2) is 26.8 Å². The average Bonchev–Trinajstić information content (AvgIpc) is 2.60. The van der Waals surface area contributed by atoms with Gasteiger partial charge >= 0.3 is 0 Å². The second-order valence-corrected chi connectivity index (χ2v) is 4.27. The van der Waals surface area contributed by atoms with E-state index in [0.29, 0.717) is 24.7 Å². The Balaban J connectivity index is 2.21. The van der Waals surface area contributed by atoms with Crippen molar-refractivity contribution in [1.29, 1.82) is 0 Å². The first-order valence-electron chi connectivity index (χ1n) is 6.06. The lowest BCUT2D eigenvalue weighted by atomic mass is 10.0. The molecule has 2 rings (SSSR count). The maximum Gasteiger partial charge on any atom is 0.274 e. The van der Waals surface area contributed by atoms with Gasteiger partial charge in [-0.2, -0.15) is 0 Å². The quantitative estimate of drug-likeness (QED) is 0.899. The lowest BCUT2D eigenvalue weighted by Crippen LogP contribution is -2.21. The smallest absolute Gasteiger partial charge is 0.274 e. The van der Waals surface area contributed by atoms with E-state index >= 15 is 0 Å². The van der Waals surface area contributed by atoms with Crippen molar-refractivity contribution >= 4 is 0 Å². The molecule has 0 amide bonds. The van der Waals surface area contributed by atoms with Crippen molar-refractivity contribution in [3.05, 3.63) is 23.8 Å². The summed E-state index contributed by atoms with van der Waals surface area (Å²) in [4.78, 5) is 0.